The molecule has 1 aromatic carbocycles. The predicted octanol–water partition coefficient (Wildman–Crippen LogP) is 5.12. The largest absolute Gasteiger partial charge is 0.465 e. The fourth-order valence-corrected chi connectivity index (χ4v) is 3.35. The third-order valence-electron chi connectivity index (χ3n) is 3.80. The van der Waals surface area contributed by atoms with Crippen LogP contribution in [0.4, 0.5) is 5.69 Å². The number of hydrogen-bond donors (Lipinski definition) is 1. The molecule has 132 valence electrons. The maximum atomic E-state index is 12.1. The summed E-state index contributed by atoms with van der Waals surface area (Å²) in [7, 11) is 0. The first kappa shape index (κ1) is 16.9. The van der Waals surface area contributed by atoms with E-state index < -0.39 is 0 Å². The van der Waals surface area contributed by atoms with E-state index in [1.165, 1.54) is 6.08 Å². The van der Waals surface area contributed by atoms with Gasteiger partial charge in [0.2, 0.25) is 5.91 Å². The average molecular weight is 373 g/mol. The minimum atomic E-state index is -0.223. The topological polar surface area (TPSA) is 68.0 Å². The maximum Gasteiger partial charge on any atom is 0.248 e. The summed E-state index contributed by atoms with van der Waals surface area (Å²) in [5, 5.41) is 5.79. The zero-order chi connectivity index (χ0) is 18.5. The Morgan fingerprint density at radius 1 is 1.07 bits per heavy atom. The Balaban J connectivity index is 1.49. The Bertz CT molecular complexity index is 1070. The van der Waals surface area contributed by atoms with E-state index >= 15 is 0 Å². The standard InChI is InChI=1S/C21H15N3O2S/c25-20(7-6-18-5-2-12-26-18)23-17-4-1-3-16(13-17)19-14-27-21(24-19)15-8-10-22-11-9-15/h1-14H,(H,23,25). The number of thiazole rings is 1. The summed E-state index contributed by atoms with van der Waals surface area (Å²) in [6, 6.07) is 15.0. The SMILES string of the molecule is O=C(C=Cc1ccco1)Nc1cccc(-c2csc(-c3ccncc3)n2)c1. The lowest BCUT2D eigenvalue weighted by atomic mass is 10.1. The number of pyridine rings is 1. The molecule has 0 unspecified atom stereocenters. The number of carbonyl (C=O) groups excluding carboxylic acids is 1. The molecule has 1 N–H and O–H groups in total. The van der Waals surface area contributed by atoms with Crippen LogP contribution in [0.5, 0.6) is 0 Å². The number of hydrogen-bond acceptors (Lipinski definition) is 5. The van der Waals surface area contributed by atoms with Gasteiger partial charge in [0.15, 0.2) is 0 Å². The molecule has 4 rings (SSSR count). The van der Waals surface area contributed by atoms with E-state index in [0.29, 0.717) is 11.4 Å². The molecule has 1 amide bonds. The fraction of sp³-hybridized carbons (Fsp3) is 0. The van der Waals surface area contributed by atoms with Crippen LogP contribution in [0.15, 0.2) is 83.1 Å². The van der Waals surface area contributed by atoms with Crippen LogP contribution in [-0.4, -0.2) is 15.9 Å². The molecule has 0 fully saturated rings. The number of amides is 1. The normalized spacial score (nSPS) is 11.0. The average Bonchev–Trinajstić information content (AvgIpc) is 3.39. The highest BCUT2D eigenvalue weighted by molar-refractivity contribution is 7.13. The smallest absolute Gasteiger partial charge is 0.248 e. The van der Waals surface area contributed by atoms with E-state index in [1.807, 2.05) is 41.8 Å². The Hall–Kier alpha value is -3.51. The van der Waals surface area contributed by atoms with Crippen LogP contribution in [-0.2, 0) is 4.79 Å². The molecule has 4 aromatic rings. The Morgan fingerprint density at radius 3 is 2.78 bits per heavy atom. The van der Waals surface area contributed by atoms with Gasteiger partial charge in [-0.1, -0.05) is 12.1 Å². The highest BCUT2D eigenvalue weighted by Gasteiger charge is 2.08. The lowest BCUT2D eigenvalue weighted by Crippen LogP contribution is -2.07. The number of rotatable bonds is 5. The van der Waals surface area contributed by atoms with Crippen molar-refractivity contribution in [3.05, 3.63) is 84.4 Å². The minimum absolute atomic E-state index is 0.223. The molecule has 3 aromatic heterocycles. The third-order valence-corrected chi connectivity index (χ3v) is 4.69. The Morgan fingerprint density at radius 2 is 1.96 bits per heavy atom. The van der Waals surface area contributed by atoms with E-state index in [2.05, 4.69) is 10.3 Å². The van der Waals surface area contributed by atoms with Gasteiger partial charge < -0.3 is 9.73 Å². The van der Waals surface area contributed by atoms with Crippen LogP contribution in [0.1, 0.15) is 5.76 Å². The number of anilines is 1. The molecular formula is C21H15N3O2S. The zero-order valence-corrected chi connectivity index (χ0v) is 15.0. The number of furan rings is 1. The van der Waals surface area contributed by atoms with E-state index in [-0.39, 0.29) is 5.91 Å². The van der Waals surface area contributed by atoms with E-state index in [0.717, 1.165) is 21.8 Å². The summed E-state index contributed by atoms with van der Waals surface area (Å²) in [6.07, 6.45) is 8.14. The van der Waals surface area contributed by atoms with Gasteiger partial charge in [-0.25, -0.2) is 4.98 Å². The first-order valence-electron chi connectivity index (χ1n) is 8.27. The second-order valence-electron chi connectivity index (χ2n) is 5.69. The van der Waals surface area contributed by atoms with Gasteiger partial charge in [-0.05, 0) is 42.5 Å². The first-order valence-corrected chi connectivity index (χ1v) is 9.15. The van der Waals surface area contributed by atoms with Crippen molar-refractivity contribution in [1.82, 2.24) is 9.97 Å². The van der Waals surface area contributed by atoms with E-state index in [4.69, 9.17) is 9.40 Å². The summed E-state index contributed by atoms with van der Waals surface area (Å²) in [6.45, 7) is 0. The van der Waals surface area contributed by atoms with Crippen molar-refractivity contribution in [3.63, 3.8) is 0 Å². The highest BCUT2D eigenvalue weighted by atomic mass is 32.1. The lowest BCUT2D eigenvalue weighted by molar-refractivity contribution is -0.111. The maximum absolute atomic E-state index is 12.1. The number of nitrogens with zero attached hydrogens (tertiary/aromatic N) is 2. The van der Waals surface area contributed by atoms with Gasteiger partial charge in [0.25, 0.3) is 0 Å². The van der Waals surface area contributed by atoms with Crippen LogP contribution >= 0.6 is 11.3 Å². The number of nitrogens with one attached hydrogen (secondary N) is 1. The van der Waals surface area contributed by atoms with Crippen molar-refractivity contribution < 1.29 is 9.21 Å². The summed E-state index contributed by atoms with van der Waals surface area (Å²) < 4.78 is 5.17. The van der Waals surface area contributed by atoms with E-state index in [1.54, 1.807) is 48.2 Å². The number of carbonyl (C=O) groups is 1. The van der Waals surface area contributed by atoms with Crippen molar-refractivity contribution in [2.75, 3.05) is 5.32 Å². The molecule has 6 heteroatoms. The molecule has 0 saturated heterocycles. The summed E-state index contributed by atoms with van der Waals surface area (Å²) in [5.41, 5.74) is 3.56. The summed E-state index contributed by atoms with van der Waals surface area (Å²) in [5.74, 6) is 0.407. The molecule has 27 heavy (non-hydrogen) atoms. The van der Waals surface area contributed by atoms with Crippen molar-refractivity contribution in [1.29, 1.82) is 0 Å². The molecule has 3 heterocycles. The Kier molecular flexibility index (Phi) is 4.89. The highest BCUT2D eigenvalue weighted by Crippen LogP contribution is 2.29. The van der Waals surface area contributed by atoms with Crippen molar-refractivity contribution >= 4 is 29.0 Å². The van der Waals surface area contributed by atoms with Crippen LogP contribution in [0.2, 0.25) is 0 Å². The lowest BCUT2D eigenvalue weighted by Gasteiger charge is -2.04. The zero-order valence-electron chi connectivity index (χ0n) is 14.2. The number of aromatic nitrogens is 2. The van der Waals surface area contributed by atoms with Gasteiger partial charge >= 0.3 is 0 Å². The van der Waals surface area contributed by atoms with Gasteiger partial charge in [0, 0.05) is 40.7 Å². The first-order chi connectivity index (χ1) is 13.3. The van der Waals surface area contributed by atoms with Crippen molar-refractivity contribution in [2.24, 2.45) is 0 Å². The van der Waals surface area contributed by atoms with Crippen LogP contribution in [0.25, 0.3) is 27.9 Å². The quantitative estimate of drug-likeness (QED) is 0.493. The van der Waals surface area contributed by atoms with Gasteiger partial charge in [0.1, 0.15) is 10.8 Å². The molecule has 0 saturated carbocycles. The third kappa shape index (κ3) is 4.19. The monoisotopic (exact) mass is 373 g/mol. The molecule has 0 aliphatic rings. The van der Waals surface area contributed by atoms with Gasteiger partial charge in [0.05, 0.1) is 12.0 Å². The fourth-order valence-electron chi connectivity index (χ4n) is 2.52. The van der Waals surface area contributed by atoms with Crippen LogP contribution in [0.3, 0.4) is 0 Å². The molecular weight excluding hydrogens is 358 g/mol. The van der Waals surface area contributed by atoms with Crippen LogP contribution in [0, 0.1) is 0 Å². The van der Waals surface area contributed by atoms with Gasteiger partial charge in [-0.3, -0.25) is 9.78 Å². The molecule has 0 bridgehead atoms. The molecule has 5 nitrogen and oxygen atoms in total. The second-order valence-corrected chi connectivity index (χ2v) is 6.55. The summed E-state index contributed by atoms with van der Waals surface area (Å²) in [4.78, 5) is 20.8. The molecule has 0 aliphatic carbocycles. The summed E-state index contributed by atoms with van der Waals surface area (Å²) >= 11 is 1.58. The van der Waals surface area contributed by atoms with E-state index in [9.17, 15) is 4.79 Å². The minimum Gasteiger partial charge on any atom is -0.465 e. The second kappa shape index (κ2) is 7.80. The molecule has 0 radical (unpaired) electrons. The number of benzene rings is 1. The van der Waals surface area contributed by atoms with Gasteiger partial charge in [-0.2, -0.15) is 0 Å². The Labute approximate surface area is 160 Å². The predicted molar refractivity (Wildman–Crippen MR) is 107 cm³/mol. The molecule has 0 spiro atoms. The van der Waals surface area contributed by atoms with Crippen molar-refractivity contribution in [2.45, 2.75) is 0 Å². The molecule has 0 atom stereocenters. The van der Waals surface area contributed by atoms with Crippen LogP contribution < -0.4 is 5.32 Å². The molecule has 0 aliphatic heterocycles. The van der Waals surface area contributed by atoms with Gasteiger partial charge in [-0.15, -0.1) is 11.3 Å². The van der Waals surface area contributed by atoms with Crippen molar-refractivity contribution in [3.8, 4) is 21.8 Å².